The van der Waals surface area contributed by atoms with Gasteiger partial charge in [-0.3, -0.25) is 9.80 Å². The number of likely N-dealkylation sites (N-methyl/N-ethyl adjacent to an activating group) is 1. The number of carbonyl (C=O) groups excluding carboxylic acids is 1. The summed E-state index contributed by atoms with van der Waals surface area (Å²) in [6.45, 7) is 4.37. The topological polar surface area (TPSA) is 23.6 Å². The lowest BCUT2D eigenvalue weighted by Gasteiger charge is -2.26. The van der Waals surface area contributed by atoms with Crippen LogP contribution in [-0.4, -0.2) is 24.4 Å². The van der Waals surface area contributed by atoms with E-state index in [2.05, 4.69) is 19.1 Å². The molecule has 84 valence electrons. The fraction of sp³-hybridized carbons (Fsp3) is 0.308. The second-order valence-corrected chi connectivity index (χ2v) is 4.16. The average Bonchev–Trinajstić information content (AvgIpc) is 2.61. The molecule has 0 fully saturated rings. The number of hydrogen-bond donors (Lipinski definition) is 0. The van der Waals surface area contributed by atoms with Crippen LogP contribution in [0.4, 0.5) is 5.69 Å². The largest absolute Gasteiger partial charge is 0.295 e. The highest BCUT2D eigenvalue weighted by atomic mass is 16.1. The monoisotopic (exact) mass is 216 g/mol. The molecule has 0 saturated carbocycles. The zero-order valence-corrected chi connectivity index (χ0v) is 9.90. The molecule has 3 heteroatoms. The first kappa shape index (κ1) is 10.9. The Kier molecular flexibility index (Phi) is 2.79. The molecule has 2 rings (SSSR count). The van der Waals surface area contributed by atoms with Gasteiger partial charge in [0.25, 0.3) is 0 Å². The Labute approximate surface area is 95.9 Å². The molecule has 16 heavy (non-hydrogen) atoms. The standard InChI is InChI=1S/C13H16N2O/c1-10-6-4-5-7-13(10)15-9-12(11(2)16)8-14(15)3/h4-7,9H,8H2,1-3H3. The summed E-state index contributed by atoms with van der Waals surface area (Å²) in [5.74, 6) is 0.142. The highest BCUT2D eigenvalue weighted by Crippen LogP contribution is 2.25. The maximum Gasteiger partial charge on any atom is 0.158 e. The van der Waals surface area contributed by atoms with E-state index >= 15 is 0 Å². The third-order valence-electron chi connectivity index (χ3n) is 2.86. The summed E-state index contributed by atoms with van der Waals surface area (Å²) in [5.41, 5.74) is 3.18. The van der Waals surface area contributed by atoms with Crippen molar-refractivity contribution >= 4 is 11.5 Å². The number of rotatable bonds is 2. The van der Waals surface area contributed by atoms with Gasteiger partial charge in [-0.2, -0.15) is 0 Å². The predicted octanol–water partition coefficient (Wildman–Crippen LogP) is 2.13. The fourth-order valence-corrected chi connectivity index (χ4v) is 1.89. The van der Waals surface area contributed by atoms with Crippen molar-refractivity contribution in [3.63, 3.8) is 0 Å². The molecule has 0 saturated heterocycles. The fourth-order valence-electron chi connectivity index (χ4n) is 1.89. The minimum atomic E-state index is 0.142. The van der Waals surface area contributed by atoms with Crippen LogP contribution in [0.2, 0.25) is 0 Å². The Bertz CT molecular complexity index is 451. The normalized spacial score (nSPS) is 16.4. The number of ketones is 1. The average molecular weight is 216 g/mol. The van der Waals surface area contributed by atoms with Crippen LogP contribution in [-0.2, 0) is 4.79 Å². The van der Waals surface area contributed by atoms with Crippen molar-refractivity contribution in [3.05, 3.63) is 41.6 Å². The number of hydrazine groups is 1. The highest BCUT2D eigenvalue weighted by Gasteiger charge is 2.22. The number of aryl methyl sites for hydroxylation is 1. The molecule has 1 heterocycles. The van der Waals surface area contributed by atoms with E-state index < -0.39 is 0 Å². The van der Waals surface area contributed by atoms with Crippen LogP contribution < -0.4 is 5.01 Å². The number of benzene rings is 1. The molecule has 0 unspecified atom stereocenters. The first-order valence-electron chi connectivity index (χ1n) is 5.37. The van der Waals surface area contributed by atoms with Crippen LogP contribution in [0.5, 0.6) is 0 Å². The highest BCUT2D eigenvalue weighted by molar-refractivity contribution is 5.94. The van der Waals surface area contributed by atoms with E-state index in [1.165, 1.54) is 5.56 Å². The summed E-state index contributed by atoms with van der Waals surface area (Å²) in [7, 11) is 1.98. The second kappa shape index (κ2) is 4.10. The van der Waals surface area contributed by atoms with Crippen LogP contribution in [0.25, 0.3) is 0 Å². The first-order chi connectivity index (χ1) is 7.59. The van der Waals surface area contributed by atoms with E-state index in [1.807, 2.05) is 35.4 Å². The van der Waals surface area contributed by atoms with Crippen LogP contribution in [0, 0.1) is 6.92 Å². The van der Waals surface area contributed by atoms with E-state index in [-0.39, 0.29) is 5.78 Å². The Balaban J connectivity index is 2.35. The summed E-state index contributed by atoms with van der Waals surface area (Å²) >= 11 is 0. The lowest BCUT2D eigenvalue weighted by molar-refractivity contribution is -0.113. The maximum atomic E-state index is 11.3. The molecule has 0 aromatic heterocycles. The number of anilines is 1. The van der Waals surface area contributed by atoms with E-state index in [1.54, 1.807) is 6.92 Å². The number of nitrogens with zero attached hydrogens (tertiary/aromatic N) is 2. The number of hydrogen-bond acceptors (Lipinski definition) is 3. The van der Waals surface area contributed by atoms with E-state index in [0.717, 1.165) is 11.3 Å². The third kappa shape index (κ3) is 1.86. The number of para-hydroxylation sites is 1. The predicted molar refractivity (Wildman–Crippen MR) is 65.1 cm³/mol. The van der Waals surface area contributed by atoms with E-state index in [4.69, 9.17) is 0 Å². The Hall–Kier alpha value is -1.61. The van der Waals surface area contributed by atoms with Gasteiger partial charge in [-0.25, -0.2) is 5.01 Å². The maximum absolute atomic E-state index is 11.3. The summed E-state index contributed by atoms with van der Waals surface area (Å²) in [5, 5.41) is 4.07. The van der Waals surface area contributed by atoms with Gasteiger partial charge >= 0.3 is 0 Å². The number of carbonyl (C=O) groups is 1. The minimum Gasteiger partial charge on any atom is -0.295 e. The van der Waals surface area contributed by atoms with Crippen molar-refractivity contribution in [1.82, 2.24) is 5.01 Å². The van der Waals surface area contributed by atoms with Crippen molar-refractivity contribution in [2.75, 3.05) is 18.6 Å². The van der Waals surface area contributed by atoms with Crippen molar-refractivity contribution in [2.45, 2.75) is 13.8 Å². The molecule has 0 aliphatic carbocycles. The van der Waals surface area contributed by atoms with Crippen LogP contribution in [0.3, 0.4) is 0 Å². The third-order valence-corrected chi connectivity index (χ3v) is 2.86. The zero-order chi connectivity index (χ0) is 11.7. The molecule has 0 spiro atoms. The lowest BCUT2D eigenvalue weighted by atomic mass is 10.2. The molecule has 0 bridgehead atoms. The Morgan fingerprint density at radius 1 is 1.31 bits per heavy atom. The van der Waals surface area contributed by atoms with Crippen LogP contribution >= 0.6 is 0 Å². The quantitative estimate of drug-likeness (QED) is 0.756. The summed E-state index contributed by atoms with van der Waals surface area (Å²) in [6.07, 6.45) is 1.92. The van der Waals surface area contributed by atoms with Crippen molar-refractivity contribution in [3.8, 4) is 0 Å². The van der Waals surface area contributed by atoms with Gasteiger partial charge < -0.3 is 0 Å². The number of Topliss-reactive ketones (excluding diaryl/α,β-unsaturated/α-hetero) is 1. The first-order valence-corrected chi connectivity index (χ1v) is 5.37. The smallest absolute Gasteiger partial charge is 0.158 e. The second-order valence-electron chi connectivity index (χ2n) is 4.16. The van der Waals surface area contributed by atoms with Gasteiger partial charge in [0, 0.05) is 25.4 Å². The van der Waals surface area contributed by atoms with Gasteiger partial charge in [0.1, 0.15) is 0 Å². The minimum absolute atomic E-state index is 0.142. The molecule has 0 atom stereocenters. The molecule has 1 aliphatic heterocycles. The van der Waals surface area contributed by atoms with Gasteiger partial charge in [0.05, 0.1) is 5.69 Å². The Morgan fingerprint density at radius 3 is 2.56 bits per heavy atom. The van der Waals surface area contributed by atoms with Gasteiger partial charge in [-0.1, -0.05) is 18.2 Å². The summed E-state index contributed by atoms with van der Waals surface area (Å²) in [4.78, 5) is 11.3. The molecule has 1 aromatic carbocycles. The van der Waals surface area contributed by atoms with Crippen molar-refractivity contribution in [1.29, 1.82) is 0 Å². The molecular weight excluding hydrogens is 200 g/mol. The van der Waals surface area contributed by atoms with Crippen LogP contribution in [0.15, 0.2) is 36.0 Å². The lowest BCUT2D eigenvalue weighted by Crippen LogP contribution is -2.32. The molecule has 1 aromatic rings. The van der Waals surface area contributed by atoms with E-state index in [9.17, 15) is 4.79 Å². The summed E-state index contributed by atoms with van der Waals surface area (Å²) in [6, 6.07) is 8.16. The van der Waals surface area contributed by atoms with Gasteiger partial charge in [-0.15, -0.1) is 0 Å². The van der Waals surface area contributed by atoms with Crippen LogP contribution in [0.1, 0.15) is 12.5 Å². The molecule has 3 nitrogen and oxygen atoms in total. The molecule has 0 radical (unpaired) electrons. The van der Waals surface area contributed by atoms with Gasteiger partial charge in [0.15, 0.2) is 5.78 Å². The van der Waals surface area contributed by atoms with E-state index in [0.29, 0.717) is 6.54 Å². The zero-order valence-electron chi connectivity index (χ0n) is 9.90. The SMILES string of the molecule is CC(=O)C1=CN(c2ccccc2C)N(C)C1. The molecule has 0 N–H and O–H groups in total. The molecular formula is C13H16N2O. The summed E-state index contributed by atoms with van der Waals surface area (Å²) < 4.78 is 0. The molecule has 1 aliphatic rings. The van der Waals surface area contributed by atoms with Crippen molar-refractivity contribution < 1.29 is 4.79 Å². The molecule has 0 amide bonds. The van der Waals surface area contributed by atoms with Gasteiger partial charge in [-0.05, 0) is 25.5 Å². The van der Waals surface area contributed by atoms with Crippen molar-refractivity contribution in [2.24, 2.45) is 0 Å². The van der Waals surface area contributed by atoms with Gasteiger partial charge in [0.2, 0.25) is 0 Å². The Morgan fingerprint density at radius 2 is 2.00 bits per heavy atom.